The van der Waals surface area contributed by atoms with E-state index in [1.54, 1.807) is 6.20 Å². The van der Waals surface area contributed by atoms with Crippen molar-refractivity contribution >= 4 is 5.91 Å². The zero-order valence-corrected chi connectivity index (χ0v) is 16.6. The van der Waals surface area contributed by atoms with E-state index < -0.39 is 0 Å². The number of carbonyl (C=O) groups is 1. The largest absolute Gasteiger partial charge is 0.371 e. The van der Waals surface area contributed by atoms with Crippen LogP contribution < -0.4 is 0 Å². The van der Waals surface area contributed by atoms with Crippen molar-refractivity contribution in [1.82, 2.24) is 19.9 Å². The highest BCUT2D eigenvalue weighted by Crippen LogP contribution is 2.37. The Hall–Kier alpha value is -2.25. The zero-order valence-electron chi connectivity index (χ0n) is 16.6. The van der Waals surface area contributed by atoms with Gasteiger partial charge in [0.05, 0.1) is 25.9 Å². The van der Waals surface area contributed by atoms with Crippen LogP contribution in [0.5, 0.6) is 0 Å². The van der Waals surface area contributed by atoms with Crippen LogP contribution in [0.4, 0.5) is 0 Å². The van der Waals surface area contributed by atoms with Crippen molar-refractivity contribution in [1.29, 1.82) is 0 Å². The number of amides is 1. The topological polar surface area (TPSA) is 71.7 Å². The minimum atomic E-state index is -0.155. The minimum Gasteiger partial charge on any atom is -0.371 e. The molecule has 2 aromatic heterocycles. The number of aryl methyl sites for hydroxylation is 1. The summed E-state index contributed by atoms with van der Waals surface area (Å²) in [6, 6.07) is 4.08. The molecule has 150 valence electrons. The van der Waals surface area contributed by atoms with E-state index in [4.69, 9.17) is 9.26 Å². The summed E-state index contributed by atoms with van der Waals surface area (Å²) in [6.45, 7) is 5.96. The molecule has 1 amide bonds. The molecule has 0 bridgehead atoms. The molecule has 4 rings (SSSR count). The molecule has 2 aliphatic rings. The van der Waals surface area contributed by atoms with Gasteiger partial charge >= 0.3 is 0 Å². The molecule has 2 fully saturated rings. The predicted molar refractivity (Wildman–Crippen MR) is 104 cm³/mol. The monoisotopic (exact) mass is 384 g/mol. The number of hydrogen-bond acceptors (Lipinski definition) is 6. The molecular weight excluding hydrogens is 356 g/mol. The summed E-state index contributed by atoms with van der Waals surface area (Å²) in [7, 11) is 2.14. The highest BCUT2D eigenvalue weighted by molar-refractivity contribution is 5.95. The summed E-state index contributed by atoms with van der Waals surface area (Å²) < 4.78 is 11.4. The standard InChI is InChI=1S/C21H28N4O3/c1-3-19-18(10-23-28-19)20(26)25-14-21(15-25)7-6-17(13-27-21)12-24(2)11-16-5-4-8-22-9-16/h4-5,8-10,17H,3,6-7,11-15H2,1-2H3/t17-/m0/s1. The number of rotatable bonds is 6. The van der Waals surface area contributed by atoms with Crippen LogP contribution in [0.1, 0.15) is 41.4 Å². The summed E-state index contributed by atoms with van der Waals surface area (Å²) in [5.41, 5.74) is 1.66. The number of aromatic nitrogens is 2. The van der Waals surface area contributed by atoms with Crippen molar-refractivity contribution < 1.29 is 14.1 Å². The second-order valence-corrected chi connectivity index (χ2v) is 8.13. The van der Waals surface area contributed by atoms with Crippen LogP contribution in [0.25, 0.3) is 0 Å². The van der Waals surface area contributed by atoms with E-state index in [0.717, 1.165) is 32.5 Å². The summed E-state index contributed by atoms with van der Waals surface area (Å²) in [6.07, 6.45) is 8.06. The molecule has 1 atom stereocenters. The molecule has 2 aromatic rings. The Morgan fingerprint density at radius 2 is 2.25 bits per heavy atom. The van der Waals surface area contributed by atoms with Crippen LogP contribution in [0.15, 0.2) is 35.2 Å². The lowest BCUT2D eigenvalue weighted by Crippen LogP contribution is -2.66. The second kappa shape index (κ2) is 8.01. The highest BCUT2D eigenvalue weighted by atomic mass is 16.5. The first-order valence-electron chi connectivity index (χ1n) is 10.0. The zero-order chi connectivity index (χ0) is 19.6. The Labute approximate surface area is 165 Å². The maximum atomic E-state index is 12.6. The summed E-state index contributed by atoms with van der Waals surface area (Å²) in [5, 5.41) is 3.76. The van der Waals surface area contributed by atoms with Gasteiger partial charge in [0.15, 0.2) is 0 Å². The third kappa shape index (κ3) is 3.95. The maximum absolute atomic E-state index is 12.6. The average Bonchev–Trinajstić information content (AvgIpc) is 3.16. The van der Waals surface area contributed by atoms with Crippen LogP contribution in [0, 0.1) is 5.92 Å². The van der Waals surface area contributed by atoms with Gasteiger partial charge in [-0.25, -0.2) is 0 Å². The van der Waals surface area contributed by atoms with E-state index in [2.05, 4.69) is 28.2 Å². The molecule has 0 aromatic carbocycles. The fraction of sp³-hybridized carbons (Fsp3) is 0.571. The molecule has 0 radical (unpaired) electrons. The third-order valence-corrected chi connectivity index (χ3v) is 5.82. The maximum Gasteiger partial charge on any atom is 0.259 e. The van der Waals surface area contributed by atoms with Crippen LogP contribution >= 0.6 is 0 Å². The molecule has 0 aliphatic carbocycles. The molecular formula is C21H28N4O3. The van der Waals surface area contributed by atoms with Crippen LogP contribution in [0.2, 0.25) is 0 Å². The van der Waals surface area contributed by atoms with E-state index in [1.807, 2.05) is 24.1 Å². The van der Waals surface area contributed by atoms with E-state index in [0.29, 0.717) is 36.8 Å². The number of nitrogens with zero attached hydrogens (tertiary/aromatic N) is 4. The smallest absolute Gasteiger partial charge is 0.259 e. The normalized spacial score (nSPS) is 21.1. The van der Waals surface area contributed by atoms with Crippen molar-refractivity contribution in [3.05, 3.63) is 47.6 Å². The SMILES string of the molecule is CCc1oncc1C(=O)N1CC2(CC[C@@H](CN(C)Cc3cccnc3)CO2)C1. The van der Waals surface area contributed by atoms with E-state index in [1.165, 1.54) is 11.8 Å². The number of carbonyl (C=O) groups excluding carboxylic acids is 1. The fourth-order valence-electron chi connectivity index (χ4n) is 4.28. The minimum absolute atomic E-state index is 0.00523. The van der Waals surface area contributed by atoms with Gasteiger partial charge in [-0.05, 0) is 37.4 Å². The number of likely N-dealkylation sites (tertiary alicyclic amines) is 1. The van der Waals surface area contributed by atoms with Gasteiger partial charge in [0.1, 0.15) is 16.9 Å². The molecule has 4 heterocycles. The van der Waals surface area contributed by atoms with E-state index >= 15 is 0 Å². The van der Waals surface area contributed by atoms with Crippen molar-refractivity contribution in [3.63, 3.8) is 0 Å². The van der Waals surface area contributed by atoms with E-state index in [9.17, 15) is 4.79 Å². The number of pyridine rings is 1. The van der Waals surface area contributed by atoms with Crippen LogP contribution in [0.3, 0.4) is 0 Å². The van der Waals surface area contributed by atoms with Crippen molar-refractivity contribution in [3.8, 4) is 0 Å². The van der Waals surface area contributed by atoms with Crippen LogP contribution in [-0.2, 0) is 17.7 Å². The molecule has 7 nitrogen and oxygen atoms in total. The highest BCUT2D eigenvalue weighted by Gasteiger charge is 2.49. The van der Waals surface area contributed by atoms with Gasteiger partial charge in [-0.15, -0.1) is 0 Å². The van der Waals surface area contributed by atoms with Gasteiger partial charge < -0.3 is 19.1 Å². The van der Waals surface area contributed by atoms with Gasteiger partial charge in [0, 0.05) is 31.9 Å². The van der Waals surface area contributed by atoms with Gasteiger partial charge in [-0.2, -0.15) is 0 Å². The number of hydrogen-bond donors (Lipinski definition) is 0. The quantitative estimate of drug-likeness (QED) is 0.762. The first kappa shape index (κ1) is 19.1. The first-order valence-corrected chi connectivity index (χ1v) is 10.0. The molecule has 2 aliphatic heterocycles. The van der Waals surface area contributed by atoms with Crippen molar-refractivity contribution in [2.75, 3.05) is 33.3 Å². The third-order valence-electron chi connectivity index (χ3n) is 5.82. The first-order chi connectivity index (χ1) is 13.6. The Morgan fingerprint density at radius 3 is 2.93 bits per heavy atom. The summed E-state index contributed by atoms with van der Waals surface area (Å²) in [4.78, 5) is 21.0. The van der Waals surface area contributed by atoms with Crippen LogP contribution in [-0.4, -0.2) is 64.7 Å². The fourth-order valence-corrected chi connectivity index (χ4v) is 4.28. The molecule has 7 heteroatoms. The molecule has 28 heavy (non-hydrogen) atoms. The predicted octanol–water partition coefficient (Wildman–Crippen LogP) is 2.39. The lowest BCUT2D eigenvalue weighted by molar-refractivity contribution is -0.168. The molecule has 0 N–H and O–H groups in total. The van der Waals surface area contributed by atoms with Crippen molar-refractivity contribution in [2.45, 2.75) is 38.3 Å². The van der Waals surface area contributed by atoms with Gasteiger partial charge in [-0.3, -0.25) is 9.78 Å². The van der Waals surface area contributed by atoms with Gasteiger partial charge in [0.25, 0.3) is 5.91 Å². The lowest BCUT2D eigenvalue weighted by Gasteiger charge is -2.52. The Bertz CT molecular complexity index is 791. The van der Waals surface area contributed by atoms with Gasteiger partial charge in [-0.1, -0.05) is 18.1 Å². The van der Waals surface area contributed by atoms with Crippen molar-refractivity contribution in [2.24, 2.45) is 5.92 Å². The molecule has 0 saturated carbocycles. The molecule has 0 unspecified atom stereocenters. The van der Waals surface area contributed by atoms with Gasteiger partial charge in [0.2, 0.25) is 0 Å². The second-order valence-electron chi connectivity index (χ2n) is 8.13. The average molecular weight is 384 g/mol. The summed E-state index contributed by atoms with van der Waals surface area (Å²) in [5.74, 6) is 1.19. The molecule has 2 saturated heterocycles. The Kier molecular flexibility index (Phi) is 5.46. The number of ether oxygens (including phenoxy) is 1. The summed E-state index contributed by atoms with van der Waals surface area (Å²) >= 11 is 0. The molecule has 1 spiro atoms. The Morgan fingerprint density at radius 1 is 1.39 bits per heavy atom. The Balaban J connectivity index is 1.23. The lowest BCUT2D eigenvalue weighted by atomic mass is 9.82. The van der Waals surface area contributed by atoms with E-state index in [-0.39, 0.29) is 11.5 Å².